The molecule has 0 spiro atoms. The number of ether oxygens (including phenoxy) is 7. The minimum absolute atomic E-state index is 0.110. The summed E-state index contributed by atoms with van der Waals surface area (Å²) in [5.41, 5.74) is -0.0393. The van der Waals surface area contributed by atoms with E-state index in [9.17, 15) is 74.3 Å². The van der Waals surface area contributed by atoms with Crippen LogP contribution in [0.2, 0.25) is 5.02 Å². The molecular formula is C38H45ClN4O22. The van der Waals surface area contributed by atoms with Crippen LogP contribution in [0.3, 0.4) is 0 Å². The van der Waals surface area contributed by atoms with Crippen molar-refractivity contribution < 1.29 is 86.7 Å². The topological polar surface area (TPSA) is 360 Å². The summed E-state index contributed by atoms with van der Waals surface area (Å²) in [4.78, 5) is 112. The van der Waals surface area contributed by atoms with E-state index in [2.05, 4.69) is 0 Å². The number of esters is 5. The zero-order chi connectivity index (χ0) is 49.0. The summed E-state index contributed by atoms with van der Waals surface area (Å²) < 4.78 is 36.0. The first-order chi connectivity index (χ1) is 30.4. The average molecular weight is 945 g/mol. The van der Waals surface area contributed by atoms with Crippen molar-refractivity contribution in [3.8, 4) is 5.75 Å². The fourth-order valence-electron chi connectivity index (χ4n) is 5.18. The number of halogens is 1. The third-order valence-corrected chi connectivity index (χ3v) is 8.50. The maximum atomic E-state index is 12.4. The van der Waals surface area contributed by atoms with Crippen LogP contribution < -0.4 is 4.74 Å². The van der Waals surface area contributed by atoms with Crippen molar-refractivity contribution in [3.05, 3.63) is 105 Å². The van der Waals surface area contributed by atoms with E-state index in [1.807, 2.05) is 0 Å². The standard InChI is InChI=1S/C20H21ClO4.C18H24N4O18/c1-13(2)24-19(23)20(3,4)25-17-11-7-15(8-12-17)18(22)14-5-9-16(21)10-6-14;23-11(1-5-19(28)29)36-9-10-15(38-12(24)2-6-20(30)31)16(39-13(25)3-7-21(32)33)17(18(27)37-10)40-14(26)4-8-22(34)35/h5-13H,1-4H3;10,15-18,27H,1-9H2. The van der Waals surface area contributed by atoms with Gasteiger partial charge in [0.2, 0.25) is 26.2 Å². The van der Waals surface area contributed by atoms with Gasteiger partial charge in [0.25, 0.3) is 0 Å². The van der Waals surface area contributed by atoms with Crippen molar-refractivity contribution in [2.45, 2.75) is 95.8 Å². The monoisotopic (exact) mass is 944 g/mol. The number of nitro groups is 4. The van der Waals surface area contributed by atoms with Gasteiger partial charge < -0.3 is 38.3 Å². The number of rotatable bonds is 23. The molecular weight excluding hydrogens is 900 g/mol. The van der Waals surface area contributed by atoms with Crippen molar-refractivity contribution in [1.29, 1.82) is 0 Å². The van der Waals surface area contributed by atoms with Crippen molar-refractivity contribution in [1.82, 2.24) is 0 Å². The van der Waals surface area contributed by atoms with Crippen LogP contribution in [0.4, 0.5) is 0 Å². The Hall–Kier alpha value is -6.93. The molecule has 1 heterocycles. The lowest BCUT2D eigenvalue weighted by Gasteiger charge is -2.42. The van der Waals surface area contributed by atoms with Gasteiger partial charge in [0, 0.05) is 35.8 Å². The van der Waals surface area contributed by atoms with E-state index in [0.717, 1.165) is 0 Å². The van der Waals surface area contributed by atoms with Crippen LogP contribution in [0.5, 0.6) is 5.75 Å². The molecule has 65 heavy (non-hydrogen) atoms. The summed E-state index contributed by atoms with van der Waals surface area (Å²) in [6.07, 6.45) is -13.4. The predicted molar refractivity (Wildman–Crippen MR) is 215 cm³/mol. The number of aliphatic hydroxyl groups is 1. The van der Waals surface area contributed by atoms with E-state index in [4.69, 9.17) is 44.8 Å². The van der Waals surface area contributed by atoms with Gasteiger partial charge >= 0.3 is 29.8 Å². The molecule has 1 aliphatic heterocycles. The Bertz CT molecular complexity index is 2030. The second-order valence-corrected chi connectivity index (χ2v) is 14.7. The maximum absolute atomic E-state index is 12.4. The summed E-state index contributed by atoms with van der Waals surface area (Å²) in [5.74, 6) is -5.13. The molecule has 0 aliphatic carbocycles. The molecule has 0 aromatic heterocycles. The molecule has 0 radical (unpaired) electrons. The van der Waals surface area contributed by atoms with Crippen LogP contribution in [0.1, 0.15) is 69.3 Å². The van der Waals surface area contributed by atoms with Crippen molar-refractivity contribution in [2.24, 2.45) is 0 Å². The highest BCUT2D eigenvalue weighted by Crippen LogP contribution is 2.29. The van der Waals surface area contributed by atoms with E-state index in [-0.39, 0.29) is 11.9 Å². The van der Waals surface area contributed by atoms with Gasteiger partial charge in [-0.3, -0.25) is 64.4 Å². The maximum Gasteiger partial charge on any atom is 0.350 e. The average Bonchev–Trinajstić information content (AvgIpc) is 3.22. The Labute approximate surface area is 372 Å². The number of carbonyl (C=O) groups is 6. The molecule has 27 heteroatoms. The fourth-order valence-corrected chi connectivity index (χ4v) is 5.30. The van der Waals surface area contributed by atoms with Crippen LogP contribution in [-0.4, -0.2) is 136 Å². The molecule has 0 saturated carbocycles. The van der Waals surface area contributed by atoms with Crippen LogP contribution >= 0.6 is 11.6 Å². The van der Waals surface area contributed by atoms with Crippen molar-refractivity contribution >= 4 is 47.2 Å². The first-order valence-electron chi connectivity index (χ1n) is 19.2. The van der Waals surface area contributed by atoms with Gasteiger partial charge in [-0.1, -0.05) is 11.6 Å². The minimum Gasteiger partial charge on any atom is -0.476 e. The molecule has 0 bridgehead atoms. The summed E-state index contributed by atoms with van der Waals surface area (Å²) in [5, 5.41) is 53.3. The normalized spacial score (nSPS) is 17.8. The van der Waals surface area contributed by atoms with Gasteiger partial charge in [0.05, 0.1) is 6.10 Å². The predicted octanol–water partition coefficient (Wildman–Crippen LogP) is 2.33. The Kier molecular flexibility index (Phi) is 21.7. The van der Waals surface area contributed by atoms with Crippen molar-refractivity contribution in [2.75, 3.05) is 32.8 Å². The van der Waals surface area contributed by atoms with E-state index in [1.54, 1.807) is 76.2 Å². The first kappa shape index (κ1) is 54.2. The van der Waals surface area contributed by atoms with Crippen LogP contribution in [-0.2, 0) is 52.4 Å². The number of carbonyl (C=O) groups excluding carboxylic acids is 6. The molecule has 1 aliphatic rings. The number of hydrogen-bond acceptors (Lipinski definition) is 22. The number of benzene rings is 2. The Morgan fingerprint density at radius 1 is 0.662 bits per heavy atom. The van der Waals surface area contributed by atoms with E-state index < -0.39 is 144 Å². The van der Waals surface area contributed by atoms with Gasteiger partial charge in [-0.05, 0) is 76.2 Å². The SMILES string of the molecule is CC(C)OC(=O)C(C)(C)Oc1ccc(C(=O)c2ccc(Cl)cc2)cc1.O=C(CC[N+](=O)[O-])OCC1OC(O)C(OC(=O)CC[N+](=O)[O-])C(OC(=O)CC[N+](=O)[O-])C1OC(=O)CC[N+](=O)[O-]. The number of ketones is 1. The minimum atomic E-state index is -2.22. The smallest absolute Gasteiger partial charge is 0.350 e. The Morgan fingerprint density at radius 2 is 1.06 bits per heavy atom. The van der Waals surface area contributed by atoms with Gasteiger partial charge in [0.15, 0.2) is 36.0 Å². The molecule has 1 fully saturated rings. The van der Waals surface area contributed by atoms with Gasteiger partial charge in [0.1, 0.15) is 44.1 Å². The third-order valence-electron chi connectivity index (χ3n) is 8.24. The second-order valence-electron chi connectivity index (χ2n) is 14.3. The number of hydrogen-bond donors (Lipinski definition) is 1. The number of aliphatic hydroxyl groups excluding tert-OH is 1. The first-order valence-corrected chi connectivity index (χ1v) is 19.6. The molecule has 2 aromatic rings. The largest absolute Gasteiger partial charge is 0.476 e. The van der Waals surface area contributed by atoms with Crippen LogP contribution in [0.15, 0.2) is 48.5 Å². The molecule has 3 rings (SSSR count). The Balaban J connectivity index is 0.000000495. The molecule has 26 nitrogen and oxygen atoms in total. The molecule has 5 atom stereocenters. The Morgan fingerprint density at radius 3 is 1.49 bits per heavy atom. The zero-order valence-electron chi connectivity index (χ0n) is 35.1. The van der Waals surface area contributed by atoms with Crippen molar-refractivity contribution in [3.63, 3.8) is 0 Å². The second kappa shape index (κ2) is 26.0. The molecule has 356 valence electrons. The zero-order valence-corrected chi connectivity index (χ0v) is 35.9. The van der Waals surface area contributed by atoms with Gasteiger partial charge in [-0.15, -0.1) is 0 Å². The van der Waals surface area contributed by atoms with E-state index >= 15 is 0 Å². The highest BCUT2D eigenvalue weighted by atomic mass is 35.5. The molecule has 5 unspecified atom stereocenters. The summed E-state index contributed by atoms with van der Waals surface area (Å²) in [6.45, 7) is 2.39. The molecule has 0 amide bonds. The van der Waals surface area contributed by atoms with Crippen LogP contribution in [0, 0.1) is 40.5 Å². The lowest BCUT2D eigenvalue weighted by Crippen LogP contribution is -2.62. The highest BCUT2D eigenvalue weighted by Gasteiger charge is 2.52. The lowest BCUT2D eigenvalue weighted by atomic mass is 9.98. The molecule has 1 saturated heterocycles. The van der Waals surface area contributed by atoms with Gasteiger partial charge in [-0.2, -0.15) is 0 Å². The van der Waals surface area contributed by atoms with E-state index in [1.165, 1.54) is 0 Å². The van der Waals surface area contributed by atoms with Gasteiger partial charge in [-0.25, -0.2) is 4.79 Å². The molecule has 2 aromatic carbocycles. The number of nitrogens with zero attached hydrogens (tertiary/aromatic N) is 4. The summed E-state index contributed by atoms with van der Waals surface area (Å²) in [6, 6.07) is 13.4. The quantitative estimate of drug-likeness (QED) is 0.0549. The van der Waals surface area contributed by atoms with Crippen LogP contribution in [0.25, 0.3) is 0 Å². The third kappa shape index (κ3) is 20.0. The molecule has 1 N–H and O–H groups in total. The van der Waals surface area contributed by atoms with E-state index in [0.29, 0.717) is 21.9 Å². The highest BCUT2D eigenvalue weighted by molar-refractivity contribution is 6.30. The fraction of sp³-hybridized carbons (Fsp3) is 0.526. The summed E-state index contributed by atoms with van der Waals surface area (Å²) in [7, 11) is 0. The summed E-state index contributed by atoms with van der Waals surface area (Å²) >= 11 is 5.84. The lowest BCUT2D eigenvalue weighted by molar-refractivity contribution is -0.479.